The van der Waals surface area contributed by atoms with Crippen molar-refractivity contribution in [3.05, 3.63) is 63.4 Å². The summed E-state index contributed by atoms with van der Waals surface area (Å²) in [7, 11) is 0. The molecule has 3 rings (SSSR count). The van der Waals surface area contributed by atoms with Gasteiger partial charge < -0.3 is 5.11 Å². The lowest BCUT2D eigenvalue weighted by Gasteiger charge is -2.29. The monoisotopic (exact) mass is 307 g/mol. The van der Waals surface area contributed by atoms with Crippen LogP contribution in [0.5, 0.6) is 0 Å². The van der Waals surface area contributed by atoms with Crippen LogP contribution in [-0.2, 0) is 0 Å². The number of halogens is 2. The number of aliphatic hydroxyl groups is 1. The van der Waals surface area contributed by atoms with Crippen molar-refractivity contribution in [3.8, 4) is 0 Å². The van der Waals surface area contributed by atoms with Crippen LogP contribution in [0.2, 0.25) is 10.0 Å². The minimum absolute atomic E-state index is 0.397. The van der Waals surface area contributed by atoms with Crippen molar-refractivity contribution in [1.82, 2.24) is 4.98 Å². The predicted molar refractivity (Wildman–Crippen MR) is 81.4 cm³/mol. The molecule has 0 bridgehead atoms. The average molecular weight is 308 g/mol. The van der Waals surface area contributed by atoms with Crippen molar-refractivity contribution < 1.29 is 5.11 Å². The topological polar surface area (TPSA) is 33.1 Å². The van der Waals surface area contributed by atoms with Gasteiger partial charge in [0.25, 0.3) is 0 Å². The van der Waals surface area contributed by atoms with E-state index in [-0.39, 0.29) is 0 Å². The lowest BCUT2D eigenvalue weighted by Crippen LogP contribution is -2.14. The van der Waals surface area contributed by atoms with E-state index in [0.717, 1.165) is 5.56 Å². The molecule has 1 aromatic carbocycles. The van der Waals surface area contributed by atoms with E-state index in [9.17, 15) is 5.11 Å². The number of hydrogen-bond donors (Lipinski definition) is 1. The van der Waals surface area contributed by atoms with Gasteiger partial charge in [0.05, 0.1) is 15.7 Å². The second-order valence-electron chi connectivity index (χ2n) is 5.18. The highest BCUT2D eigenvalue weighted by atomic mass is 35.5. The molecule has 2 aromatic rings. The Bertz CT molecular complexity index is 626. The highest BCUT2D eigenvalue weighted by Crippen LogP contribution is 2.41. The number of rotatable bonds is 3. The van der Waals surface area contributed by atoms with E-state index in [0.29, 0.717) is 21.7 Å². The maximum absolute atomic E-state index is 10.6. The molecule has 1 N–H and O–H groups in total. The van der Waals surface area contributed by atoms with Crippen LogP contribution in [0.25, 0.3) is 0 Å². The molecule has 1 saturated carbocycles. The van der Waals surface area contributed by atoms with Crippen LogP contribution in [0.4, 0.5) is 0 Å². The molecule has 1 aliphatic rings. The maximum Gasteiger partial charge on any atom is 0.123 e. The van der Waals surface area contributed by atoms with Gasteiger partial charge in [-0.25, -0.2) is 0 Å². The first-order valence-electron chi connectivity index (χ1n) is 6.74. The molecule has 0 radical (unpaired) electrons. The SMILES string of the molecule is OC(c1ccccc1C1CCC1)c1ncc(Cl)cc1Cl. The van der Waals surface area contributed by atoms with Crippen LogP contribution in [0, 0.1) is 0 Å². The number of aromatic nitrogens is 1. The van der Waals surface area contributed by atoms with Gasteiger partial charge in [0, 0.05) is 6.20 Å². The molecule has 4 heteroatoms. The molecule has 1 unspecified atom stereocenters. The van der Waals surface area contributed by atoms with Crippen molar-refractivity contribution in [2.45, 2.75) is 31.3 Å². The van der Waals surface area contributed by atoms with Crippen molar-refractivity contribution >= 4 is 23.2 Å². The Kier molecular flexibility index (Phi) is 3.97. The first kappa shape index (κ1) is 13.9. The third-order valence-corrected chi connectivity index (χ3v) is 4.44. The first-order chi connectivity index (χ1) is 9.66. The fraction of sp³-hybridized carbons (Fsp3) is 0.312. The van der Waals surface area contributed by atoms with Gasteiger partial charge >= 0.3 is 0 Å². The van der Waals surface area contributed by atoms with Gasteiger partial charge in [-0.2, -0.15) is 0 Å². The summed E-state index contributed by atoms with van der Waals surface area (Å²) in [6.45, 7) is 0. The third-order valence-electron chi connectivity index (χ3n) is 3.93. The van der Waals surface area contributed by atoms with E-state index in [4.69, 9.17) is 23.2 Å². The lowest BCUT2D eigenvalue weighted by molar-refractivity contribution is 0.212. The molecule has 2 nitrogen and oxygen atoms in total. The third kappa shape index (κ3) is 2.56. The van der Waals surface area contributed by atoms with Crippen LogP contribution < -0.4 is 0 Å². The Labute approximate surface area is 128 Å². The van der Waals surface area contributed by atoms with Gasteiger partial charge in [-0.1, -0.05) is 53.9 Å². The Morgan fingerprint density at radius 3 is 2.60 bits per heavy atom. The van der Waals surface area contributed by atoms with Crippen LogP contribution in [-0.4, -0.2) is 10.1 Å². The number of nitrogens with zero attached hydrogens (tertiary/aromatic N) is 1. The molecule has 1 fully saturated rings. The summed E-state index contributed by atoms with van der Waals surface area (Å²) in [6, 6.07) is 9.60. The van der Waals surface area contributed by atoms with Gasteiger partial charge in [0.15, 0.2) is 0 Å². The lowest BCUT2D eigenvalue weighted by atomic mass is 9.77. The second kappa shape index (κ2) is 5.72. The van der Waals surface area contributed by atoms with Crippen molar-refractivity contribution in [2.75, 3.05) is 0 Å². The molecule has 104 valence electrons. The van der Waals surface area contributed by atoms with Gasteiger partial charge in [-0.05, 0) is 36.0 Å². The normalized spacial score (nSPS) is 16.8. The fourth-order valence-corrected chi connectivity index (χ4v) is 3.11. The number of pyridine rings is 1. The summed E-state index contributed by atoms with van der Waals surface area (Å²) in [5, 5.41) is 11.5. The number of aliphatic hydroxyl groups excluding tert-OH is 1. The summed E-state index contributed by atoms with van der Waals surface area (Å²) in [5.74, 6) is 0.548. The zero-order valence-corrected chi connectivity index (χ0v) is 12.4. The summed E-state index contributed by atoms with van der Waals surface area (Å²) in [5.41, 5.74) is 2.57. The van der Waals surface area contributed by atoms with Gasteiger partial charge in [-0.15, -0.1) is 0 Å². The Morgan fingerprint density at radius 2 is 1.95 bits per heavy atom. The van der Waals surface area contributed by atoms with Gasteiger partial charge in [0.2, 0.25) is 0 Å². The molecule has 20 heavy (non-hydrogen) atoms. The van der Waals surface area contributed by atoms with E-state index in [1.165, 1.54) is 31.0 Å². The summed E-state index contributed by atoms with van der Waals surface area (Å²) in [4.78, 5) is 4.18. The van der Waals surface area contributed by atoms with Crippen LogP contribution in [0.15, 0.2) is 36.5 Å². The molecular weight excluding hydrogens is 293 g/mol. The first-order valence-corrected chi connectivity index (χ1v) is 7.50. The second-order valence-corrected chi connectivity index (χ2v) is 6.02. The summed E-state index contributed by atoms with van der Waals surface area (Å²) >= 11 is 12.0. The Hall–Kier alpha value is -1.09. The Morgan fingerprint density at radius 1 is 1.20 bits per heavy atom. The fourth-order valence-electron chi connectivity index (χ4n) is 2.62. The highest BCUT2D eigenvalue weighted by molar-refractivity contribution is 6.34. The van der Waals surface area contributed by atoms with E-state index < -0.39 is 6.10 Å². The van der Waals surface area contributed by atoms with E-state index in [1.807, 2.05) is 18.2 Å². The molecule has 0 aliphatic heterocycles. The minimum Gasteiger partial charge on any atom is -0.382 e. The molecule has 0 amide bonds. The summed E-state index contributed by atoms with van der Waals surface area (Å²) in [6.07, 6.45) is 4.33. The number of hydrogen-bond acceptors (Lipinski definition) is 2. The molecule has 0 spiro atoms. The zero-order chi connectivity index (χ0) is 14.1. The van der Waals surface area contributed by atoms with E-state index in [1.54, 1.807) is 6.07 Å². The average Bonchev–Trinajstić information content (AvgIpc) is 2.37. The summed E-state index contributed by atoms with van der Waals surface area (Å²) < 4.78 is 0. The van der Waals surface area contributed by atoms with Gasteiger partial charge in [0.1, 0.15) is 6.10 Å². The molecular formula is C16H15Cl2NO. The highest BCUT2D eigenvalue weighted by Gasteiger charge is 2.26. The van der Waals surface area contributed by atoms with Crippen LogP contribution in [0.1, 0.15) is 48.1 Å². The molecule has 1 heterocycles. The molecule has 1 aromatic heterocycles. The zero-order valence-electron chi connectivity index (χ0n) is 10.9. The van der Waals surface area contributed by atoms with Crippen molar-refractivity contribution in [3.63, 3.8) is 0 Å². The van der Waals surface area contributed by atoms with Crippen LogP contribution in [0.3, 0.4) is 0 Å². The molecule has 1 atom stereocenters. The van der Waals surface area contributed by atoms with E-state index >= 15 is 0 Å². The molecule has 0 saturated heterocycles. The van der Waals surface area contributed by atoms with Crippen LogP contribution >= 0.6 is 23.2 Å². The maximum atomic E-state index is 10.6. The van der Waals surface area contributed by atoms with Crippen molar-refractivity contribution in [1.29, 1.82) is 0 Å². The molecule has 1 aliphatic carbocycles. The standard InChI is InChI=1S/C16H15Cl2NO/c17-11-8-14(18)15(19-9-11)16(20)13-7-2-1-6-12(13)10-4-3-5-10/h1-2,6-10,16,20H,3-5H2. The number of benzene rings is 1. The largest absolute Gasteiger partial charge is 0.382 e. The van der Waals surface area contributed by atoms with Crippen molar-refractivity contribution in [2.24, 2.45) is 0 Å². The quantitative estimate of drug-likeness (QED) is 0.888. The smallest absolute Gasteiger partial charge is 0.123 e. The Balaban J connectivity index is 1.99. The minimum atomic E-state index is -0.809. The predicted octanol–water partition coefficient (Wildman–Crippen LogP) is 4.74. The van der Waals surface area contributed by atoms with E-state index in [2.05, 4.69) is 11.1 Å². The van der Waals surface area contributed by atoms with Gasteiger partial charge in [-0.3, -0.25) is 4.98 Å².